The van der Waals surface area contributed by atoms with Gasteiger partial charge < -0.3 is 21.5 Å². The number of amides is 1. The fourth-order valence-corrected chi connectivity index (χ4v) is 3.29. The maximum atomic E-state index is 11.1. The predicted molar refractivity (Wildman–Crippen MR) is 112 cm³/mol. The number of hydrogen-bond acceptors (Lipinski definition) is 8. The number of hydrogen-bond donors (Lipinski definition) is 3. The van der Waals surface area contributed by atoms with Crippen molar-refractivity contribution in [2.45, 2.75) is 0 Å². The number of pyridine rings is 2. The lowest BCUT2D eigenvalue weighted by molar-refractivity contribution is 0.1000. The van der Waals surface area contributed by atoms with Crippen LogP contribution < -0.4 is 21.5 Å². The van der Waals surface area contributed by atoms with Crippen molar-refractivity contribution < 1.29 is 9.53 Å². The summed E-state index contributed by atoms with van der Waals surface area (Å²) in [6.45, 7) is 0. The summed E-state index contributed by atoms with van der Waals surface area (Å²) in [5.41, 5.74) is 13.1. The van der Waals surface area contributed by atoms with Gasteiger partial charge >= 0.3 is 0 Å². The van der Waals surface area contributed by atoms with Crippen molar-refractivity contribution >= 4 is 34.0 Å². The molecule has 29 heavy (non-hydrogen) atoms. The molecule has 0 unspecified atom stereocenters. The molecule has 1 aromatic carbocycles. The lowest BCUT2D eigenvalue weighted by atomic mass is 10.2. The monoisotopic (exact) mass is 404 g/mol. The molecule has 0 spiro atoms. The van der Waals surface area contributed by atoms with E-state index in [0.717, 1.165) is 5.56 Å². The zero-order chi connectivity index (χ0) is 20.2. The Balaban J connectivity index is 1.55. The average molecular weight is 404 g/mol. The smallest absolute Gasteiger partial charge is 0.250 e. The van der Waals surface area contributed by atoms with E-state index in [9.17, 15) is 4.79 Å². The van der Waals surface area contributed by atoms with Gasteiger partial charge in [0.2, 0.25) is 11.0 Å². The minimum Gasteiger partial charge on any atom is -0.444 e. The molecule has 0 bridgehead atoms. The summed E-state index contributed by atoms with van der Waals surface area (Å²) in [5, 5.41) is 4.07. The summed E-state index contributed by atoms with van der Waals surface area (Å²) in [7, 11) is 0. The number of rotatable bonds is 6. The molecule has 0 atom stereocenters. The fraction of sp³-hybridized carbons (Fsp3) is 0. The van der Waals surface area contributed by atoms with Crippen molar-refractivity contribution in [1.29, 1.82) is 0 Å². The van der Waals surface area contributed by atoms with Gasteiger partial charge in [0.15, 0.2) is 5.13 Å². The topological polar surface area (TPSA) is 129 Å². The van der Waals surface area contributed by atoms with Crippen molar-refractivity contribution in [3.8, 4) is 22.1 Å². The zero-order valence-corrected chi connectivity index (χ0v) is 15.9. The number of nitrogens with two attached hydrogens (primary N) is 2. The minimum atomic E-state index is -0.532. The molecule has 4 rings (SSSR count). The molecule has 0 aliphatic carbocycles. The lowest BCUT2D eigenvalue weighted by Gasteiger charge is -2.08. The van der Waals surface area contributed by atoms with Gasteiger partial charge in [-0.15, -0.1) is 0 Å². The molecule has 0 radical (unpaired) electrons. The van der Waals surface area contributed by atoms with Gasteiger partial charge in [0.1, 0.15) is 23.1 Å². The van der Waals surface area contributed by atoms with Gasteiger partial charge in [0.25, 0.3) is 0 Å². The molecule has 5 N–H and O–H groups in total. The molecule has 3 aromatic heterocycles. The number of nitrogen functional groups attached to an aromatic ring is 1. The van der Waals surface area contributed by atoms with E-state index < -0.39 is 5.91 Å². The Morgan fingerprint density at radius 2 is 1.86 bits per heavy atom. The van der Waals surface area contributed by atoms with Gasteiger partial charge in [-0.3, -0.25) is 4.79 Å². The Kier molecular flexibility index (Phi) is 5.04. The van der Waals surface area contributed by atoms with Crippen LogP contribution in [0.15, 0.2) is 67.0 Å². The van der Waals surface area contributed by atoms with Crippen LogP contribution in [0.25, 0.3) is 11.3 Å². The Hall–Kier alpha value is -3.98. The number of ether oxygens (including phenoxy) is 1. The van der Waals surface area contributed by atoms with Gasteiger partial charge in [-0.25, -0.2) is 15.0 Å². The van der Waals surface area contributed by atoms with Crippen LogP contribution in [-0.4, -0.2) is 20.9 Å². The molecule has 0 saturated heterocycles. The number of nitrogens with zero attached hydrogens (tertiary/aromatic N) is 3. The number of nitrogens with one attached hydrogen (secondary N) is 1. The molecule has 144 valence electrons. The number of anilines is 3. The van der Waals surface area contributed by atoms with Crippen LogP contribution in [-0.2, 0) is 0 Å². The molecule has 0 aliphatic rings. The third-order valence-electron chi connectivity index (χ3n) is 3.91. The Morgan fingerprint density at radius 3 is 2.59 bits per heavy atom. The summed E-state index contributed by atoms with van der Waals surface area (Å²) in [4.78, 5) is 23.9. The fourth-order valence-electron chi connectivity index (χ4n) is 2.56. The van der Waals surface area contributed by atoms with Crippen LogP contribution in [0, 0.1) is 0 Å². The van der Waals surface area contributed by atoms with Crippen LogP contribution >= 0.6 is 11.3 Å². The molecular formula is C20H16N6O2S. The number of carbonyl (C=O) groups excluding carboxylic acids is 1. The minimum absolute atomic E-state index is 0.330. The van der Waals surface area contributed by atoms with Crippen LogP contribution in [0.4, 0.5) is 16.8 Å². The quantitative estimate of drug-likeness (QED) is 0.445. The first-order chi connectivity index (χ1) is 14.1. The molecule has 4 aromatic rings. The van der Waals surface area contributed by atoms with Gasteiger partial charge in [-0.1, -0.05) is 41.7 Å². The third kappa shape index (κ3) is 4.30. The molecule has 0 fully saturated rings. The van der Waals surface area contributed by atoms with E-state index in [1.807, 2.05) is 30.3 Å². The Bertz CT molecular complexity index is 1150. The van der Waals surface area contributed by atoms with E-state index in [0.29, 0.717) is 38.8 Å². The van der Waals surface area contributed by atoms with E-state index in [4.69, 9.17) is 16.2 Å². The van der Waals surface area contributed by atoms with Crippen molar-refractivity contribution in [2.75, 3.05) is 11.1 Å². The summed E-state index contributed by atoms with van der Waals surface area (Å²) in [6.07, 6.45) is 3.01. The summed E-state index contributed by atoms with van der Waals surface area (Å²) >= 11 is 1.27. The lowest BCUT2D eigenvalue weighted by Crippen LogP contribution is -2.11. The standard InChI is InChI=1S/C20H16N6O2S/c21-18(27)13-6-7-15(24-11-13)25-16-10-14(8-9-23-16)28-19-17(26-20(22)29-19)12-4-2-1-3-5-12/h1-11H,(H2,21,27)(H2,22,26)(H,23,24,25). The Morgan fingerprint density at radius 1 is 1.03 bits per heavy atom. The first-order valence-corrected chi connectivity index (χ1v) is 9.38. The van der Waals surface area contributed by atoms with Crippen molar-refractivity contribution in [1.82, 2.24) is 15.0 Å². The van der Waals surface area contributed by atoms with Gasteiger partial charge in [-0.2, -0.15) is 0 Å². The molecule has 0 saturated carbocycles. The third-order valence-corrected chi connectivity index (χ3v) is 4.67. The molecule has 9 heteroatoms. The summed E-state index contributed by atoms with van der Waals surface area (Å²) in [5.74, 6) is 1.08. The van der Waals surface area contributed by atoms with Crippen molar-refractivity contribution in [3.05, 3.63) is 72.6 Å². The molecule has 8 nitrogen and oxygen atoms in total. The van der Waals surface area contributed by atoms with E-state index in [-0.39, 0.29) is 0 Å². The average Bonchev–Trinajstić information content (AvgIpc) is 3.09. The maximum Gasteiger partial charge on any atom is 0.250 e. The van der Waals surface area contributed by atoms with Crippen LogP contribution in [0.3, 0.4) is 0 Å². The van der Waals surface area contributed by atoms with Gasteiger partial charge in [0.05, 0.1) is 5.56 Å². The van der Waals surface area contributed by atoms with Crippen LogP contribution in [0.5, 0.6) is 10.8 Å². The van der Waals surface area contributed by atoms with E-state index >= 15 is 0 Å². The van der Waals surface area contributed by atoms with Crippen LogP contribution in [0.2, 0.25) is 0 Å². The summed E-state index contributed by atoms with van der Waals surface area (Å²) < 4.78 is 6.03. The highest BCUT2D eigenvalue weighted by molar-refractivity contribution is 7.17. The highest BCUT2D eigenvalue weighted by atomic mass is 32.1. The van der Waals surface area contributed by atoms with E-state index in [1.165, 1.54) is 17.5 Å². The number of primary amides is 1. The summed E-state index contributed by atoms with van der Waals surface area (Å²) in [6, 6.07) is 16.4. The molecule has 1 amide bonds. The number of benzene rings is 1. The second-order valence-electron chi connectivity index (χ2n) is 5.95. The molecule has 3 heterocycles. The number of thiazole rings is 1. The first-order valence-electron chi connectivity index (χ1n) is 8.57. The highest BCUT2D eigenvalue weighted by Crippen LogP contribution is 2.39. The van der Waals surface area contributed by atoms with Gasteiger partial charge in [0, 0.05) is 24.0 Å². The largest absolute Gasteiger partial charge is 0.444 e. The number of carbonyl (C=O) groups is 1. The van der Waals surface area contributed by atoms with E-state index in [1.54, 1.807) is 30.5 Å². The molecule has 0 aliphatic heterocycles. The van der Waals surface area contributed by atoms with Crippen molar-refractivity contribution in [2.24, 2.45) is 5.73 Å². The Labute approximate surface area is 170 Å². The molecular weight excluding hydrogens is 388 g/mol. The predicted octanol–water partition coefficient (Wildman–Crippen LogP) is 3.82. The second-order valence-corrected chi connectivity index (χ2v) is 6.95. The SMILES string of the molecule is NC(=O)c1ccc(Nc2cc(Oc3sc(N)nc3-c3ccccc3)ccn2)nc1. The normalized spacial score (nSPS) is 10.5. The zero-order valence-electron chi connectivity index (χ0n) is 15.1. The first kappa shape index (κ1) is 18.4. The van der Waals surface area contributed by atoms with Crippen molar-refractivity contribution in [3.63, 3.8) is 0 Å². The second kappa shape index (κ2) is 7.95. The van der Waals surface area contributed by atoms with Gasteiger partial charge in [-0.05, 0) is 18.2 Å². The maximum absolute atomic E-state index is 11.1. The highest BCUT2D eigenvalue weighted by Gasteiger charge is 2.14. The van der Waals surface area contributed by atoms with E-state index in [2.05, 4.69) is 20.3 Å². The number of aromatic nitrogens is 3. The van der Waals surface area contributed by atoms with Crippen LogP contribution in [0.1, 0.15) is 10.4 Å².